The van der Waals surface area contributed by atoms with E-state index in [9.17, 15) is 0 Å². The number of rotatable bonds is 0. The molecule has 0 aliphatic carbocycles. The first-order valence-electron chi connectivity index (χ1n) is 3.50. The van der Waals surface area contributed by atoms with E-state index in [0.717, 1.165) is 10.1 Å². The topological polar surface area (TPSA) is 23.8 Å². The number of fused-ring (bicyclic) bond motifs is 1. The highest BCUT2D eigenvalue weighted by molar-refractivity contribution is 7.23. The fraction of sp³-hybridized carbons (Fsp3) is 0. The van der Waals surface area contributed by atoms with E-state index >= 15 is 0 Å². The molecule has 1 aromatic heterocycles. The maximum absolute atomic E-state index is 8.81. The van der Waals surface area contributed by atoms with Crippen molar-refractivity contribution in [2.75, 3.05) is 0 Å². The van der Waals surface area contributed by atoms with Crippen LogP contribution in [0.15, 0.2) is 18.2 Å². The molecule has 0 bridgehead atoms. The highest BCUT2D eigenvalue weighted by Gasteiger charge is 2.09. The minimum Gasteiger partial charge on any atom is -0.192 e. The summed E-state index contributed by atoms with van der Waals surface area (Å²) >= 11 is 13.1. The van der Waals surface area contributed by atoms with Gasteiger partial charge in [-0.05, 0) is 12.1 Å². The van der Waals surface area contributed by atoms with Gasteiger partial charge < -0.3 is 0 Å². The van der Waals surface area contributed by atoms with Gasteiger partial charge >= 0.3 is 0 Å². The van der Waals surface area contributed by atoms with Gasteiger partial charge in [0.15, 0.2) is 0 Å². The van der Waals surface area contributed by atoms with E-state index in [1.54, 1.807) is 6.07 Å². The van der Waals surface area contributed by atoms with Gasteiger partial charge in [0.05, 0.1) is 5.56 Å². The van der Waals surface area contributed by atoms with Crippen molar-refractivity contribution in [2.45, 2.75) is 0 Å². The van der Waals surface area contributed by atoms with Gasteiger partial charge in [0.1, 0.15) is 10.4 Å². The van der Waals surface area contributed by atoms with E-state index in [4.69, 9.17) is 28.5 Å². The quantitative estimate of drug-likeness (QED) is 0.666. The van der Waals surface area contributed by atoms with Gasteiger partial charge in [0.25, 0.3) is 0 Å². The second-order valence-corrected chi connectivity index (χ2v) is 4.59. The van der Waals surface area contributed by atoms with Crippen molar-refractivity contribution in [3.05, 3.63) is 33.1 Å². The average Bonchev–Trinajstić information content (AvgIpc) is 2.39. The minimum absolute atomic E-state index is 0.528. The van der Waals surface area contributed by atoms with Gasteiger partial charge in [0.2, 0.25) is 0 Å². The van der Waals surface area contributed by atoms with Gasteiger partial charge in [-0.25, -0.2) is 0 Å². The lowest BCUT2D eigenvalue weighted by molar-refractivity contribution is 1.52. The monoisotopic (exact) mass is 227 g/mol. The standard InChI is InChI=1S/C9H3Cl2NS/c10-5-1-2-6-7(4-12)9(11)13-8(6)3-5/h1-3H. The van der Waals surface area contributed by atoms with Crippen molar-refractivity contribution in [2.24, 2.45) is 0 Å². The molecule has 0 fully saturated rings. The molecule has 4 heteroatoms. The molecule has 0 radical (unpaired) electrons. The fourth-order valence-corrected chi connectivity index (χ4v) is 2.69. The molecule has 0 aliphatic heterocycles. The van der Waals surface area contributed by atoms with Crippen molar-refractivity contribution in [3.8, 4) is 6.07 Å². The van der Waals surface area contributed by atoms with Crippen LogP contribution in [0.25, 0.3) is 10.1 Å². The number of thiophene rings is 1. The molecule has 2 aromatic rings. The first-order valence-corrected chi connectivity index (χ1v) is 5.07. The Labute approximate surface area is 89.1 Å². The number of benzene rings is 1. The third-order valence-electron chi connectivity index (χ3n) is 1.72. The molecule has 0 atom stereocenters. The smallest absolute Gasteiger partial charge is 0.112 e. The Balaban J connectivity index is 2.88. The Morgan fingerprint density at radius 2 is 2.08 bits per heavy atom. The molecule has 1 aromatic carbocycles. The van der Waals surface area contributed by atoms with Crippen LogP contribution in [-0.2, 0) is 0 Å². The Kier molecular flexibility index (Phi) is 2.17. The van der Waals surface area contributed by atoms with Crippen LogP contribution >= 0.6 is 34.5 Å². The third kappa shape index (κ3) is 1.40. The molecule has 0 amide bonds. The summed E-state index contributed by atoms with van der Waals surface area (Å²) in [5.41, 5.74) is 0.540. The Morgan fingerprint density at radius 3 is 2.77 bits per heavy atom. The van der Waals surface area contributed by atoms with Crippen molar-refractivity contribution < 1.29 is 0 Å². The summed E-state index contributed by atoms with van der Waals surface area (Å²) < 4.78 is 1.48. The zero-order chi connectivity index (χ0) is 9.42. The predicted molar refractivity (Wildman–Crippen MR) is 56.6 cm³/mol. The maximum Gasteiger partial charge on any atom is 0.112 e. The summed E-state index contributed by atoms with van der Waals surface area (Å²) in [6, 6.07) is 7.46. The Hall–Kier alpha value is -0.750. The van der Waals surface area contributed by atoms with Crippen molar-refractivity contribution in [1.82, 2.24) is 0 Å². The predicted octanol–water partition coefficient (Wildman–Crippen LogP) is 4.08. The van der Waals surface area contributed by atoms with Crippen LogP contribution in [0.1, 0.15) is 5.56 Å². The van der Waals surface area contributed by atoms with E-state index in [2.05, 4.69) is 6.07 Å². The van der Waals surface area contributed by atoms with Gasteiger partial charge in [-0.3, -0.25) is 0 Å². The third-order valence-corrected chi connectivity index (χ3v) is 3.32. The second kappa shape index (κ2) is 3.19. The lowest BCUT2D eigenvalue weighted by atomic mass is 10.2. The van der Waals surface area contributed by atoms with Gasteiger partial charge in [-0.2, -0.15) is 5.26 Å². The number of hydrogen-bond donors (Lipinski definition) is 0. The summed E-state index contributed by atoms with van der Waals surface area (Å²) in [5, 5.41) is 10.4. The first kappa shape index (κ1) is 8.83. The molecular weight excluding hydrogens is 225 g/mol. The molecule has 64 valence electrons. The zero-order valence-corrected chi connectivity index (χ0v) is 8.67. The van der Waals surface area contributed by atoms with E-state index < -0.39 is 0 Å². The molecule has 0 aliphatic rings. The van der Waals surface area contributed by atoms with Gasteiger partial charge in [-0.1, -0.05) is 29.3 Å². The number of hydrogen-bond acceptors (Lipinski definition) is 2. The minimum atomic E-state index is 0.528. The molecule has 13 heavy (non-hydrogen) atoms. The normalized spacial score (nSPS) is 10.2. The van der Waals surface area contributed by atoms with Crippen molar-refractivity contribution >= 4 is 44.6 Å². The molecule has 0 N–H and O–H groups in total. The van der Waals surface area contributed by atoms with Crippen LogP contribution in [0.4, 0.5) is 0 Å². The summed E-state index contributed by atoms with van der Waals surface area (Å²) in [5.74, 6) is 0. The van der Waals surface area contributed by atoms with E-state index in [-0.39, 0.29) is 0 Å². The number of halogens is 2. The van der Waals surface area contributed by atoms with Crippen LogP contribution in [0, 0.1) is 11.3 Å². The molecule has 1 heterocycles. The lowest BCUT2D eigenvalue weighted by Crippen LogP contribution is -1.69. The van der Waals surface area contributed by atoms with E-state index in [0.29, 0.717) is 14.9 Å². The largest absolute Gasteiger partial charge is 0.192 e. The molecule has 0 unspecified atom stereocenters. The summed E-state index contributed by atoms with van der Waals surface area (Å²) in [4.78, 5) is 0. The van der Waals surface area contributed by atoms with Crippen LogP contribution in [0.2, 0.25) is 9.36 Å². The van der Waals surface area contributed by atoms with Gasteiger partial charge in [-0.15, -0.1) is 11.3 Å². The summed E-state index contributed by atoms with van der Waals surface area (Å²) in [7, 11) is 0. The fourth-order valence-electron chi connectivity index (χ4n) is 1.14. The van der Waals surface area contributed by atoms with Crippen molar-refractivity contribution in [3.63, 3.8) is 0 Å². The highest BCUT2D eigenvalue weighted by atomic mass is 35.5. The van der Waals surface area contributed by atoms with E-state index in [1.165, 1.54) is 11.3 Å². The summed E-state index contributed by atoms with van der Waals surface area (Å²) in [6.07, 6.45) is 0. The van der Waals surface area contributed by atoms with Crippen LogP contribution < -0.4 is 0 Å². The Morgan fingerprint density at radius 1 is 1.31 bits per heavy atom. The summed E-state index contributed by atoms with van der Waals surface area (Å²) in [6.45, 7) is 0. The van der Waals surface area contributed by atoms with Crippen LogP contribution in [-0.4, -0.2) is 0 Å². The maximum atomic E-state index is 8.81. The van der Waals surface area contributed by atoms with Crippen LogP contribution in [0.3, 0.4) is 0 Å². The molecular formula is C9H3Cl2NS. The first-order chi connectivity index (χ1) is 6.22. The molecule has 2 rings (SSSR count). The second-order valence-electron chi connectivity index (χ2n) is 2.50. The van der Waals surface area contributed by atoms with Crippen molar-refractivity contribution in [1.29, 1.82) is 5.26 Å². The Bertz CT molecular complexity index is 510. The number of nitriles is 1. The highest BCUT2D eigenvalue weighted by Crippen LogP contribution is 2.35. The average molecular weight is 228 g/mol. The zero-order valence-electron chi connectivity index (χ0n) is 6.34. The molecule has 0 saturated heterocycles. The molecule has 0 spiro atoms. The number of nitrogens with zero attached hydrogens (tertiary/aromatic N) is 1. The lowest BCUT2D eigenvalue weighted by Gasteiger charge is -1.89. The molecule has 1 nitrogen and oxygen atoms in total. The molecule has 0 saturated carbocycles. The van der Waals surface area contributed by atoms with E-state index in [1.807, 2.05) is 12.1 Å². The van der Waals surface area contributed by atoms with Crippen LogP contribution in [0.5, 0.6) is 0 Å². The SMILES string of the molecule is N#Cc1c(Cl)sc2cc(Cl)ccc12. The van der Waals surface area contributed by atoms with Gasteiger partial charge in [0, 0.05) is 15.1 Å².